The zero-order chi connectivity index (χ0) is 13.7. The van der Waals surface area contributed by atoms with Gasteiger partial charge in [-0.3, -0.25) is 4.90 Å². The lowest BCUT2D eigenvalue weighted by Crippen LogP contribution is -2.46. The molecule has 0 bridgehead atoms. The monoisotopic (exact) mass is 261 g/mol. The van der Waals surface area contributed by atoms with Crippen molar-refractivity contribution >= 4 is 0 Å². The van der Waals surface area contributed by atoms with E-state index in [4.69, 9.17) is 5.26 Å². The molecule has 19 heavy (non-hydrogen) atoms. The van der Waals surface area contributed by atoms with Crippen LogP contribution in [0.3, 0.4) is 0 Å². The molecule has 1 aromatic rings. The molecule has 0 amide bonds. The van der Waals surface area contributed by atoms with Crippen LogP contribution < -0.4 is 5.32 Å². The summed E-state index contributed by atoms with van der Waals surface area (Å²) in [5.74, 6) is 0. The number of aryl methyl sites for hydroxylation is 1. The number of hydrogen-bond acceptors (Lipinski definition) is 4. The highest BCUT2D eigenvalue weighted by Crippen LogP contribution is 2.05. The minimum atomic E-state index is 0.718. The van der Waals surface area contributed by atoms with Gasteiger partial charge >= 0.3 is 0 Å². The van der Waals surface area contributed by atoms with E-state index in [1.807, 2.05) is 23.9 Å². The van der Waals surface area contributed by atoms with Gasteiger partial charge in [-0.25, -0.2) is 0 Å². The van der Waals surface area contributed by atoms with Crippen molar-refractivity contribution in [2.45, 2.75) is 6.54 Å². The molecule has 0 saturated carbocycles. The van der Waals surface area contributed by atoms with Gasteiger partial charge in [0.25, 0.3) is 0 Å². The maximum Gasteiger partial charge on any atom is 0.120 e. The average molecular weight is 261 g/mol. The molecule has 0 radical (unpaired) electrons. The lowest BCUT2D eigenvalue weighted by molar-refractivity contribution is 0.154. The molecule has 2 rings (SSSR count). The van der Waals surface area contributed by atoms with E-state index in [0.717, 1.165) is 25.3 Å². The summed E-state index contributed by atoms with van der Waals surface area (Å²) in [7, 11) is 4.09. The van der Waals surface area contributed by atoms with Gasteiger partial charge in [-0.1, -0.05) is 0 Å². The van der Waals surface area contributed by atoms with Gasteiger partial charge < -0.3 is 14.8 Å². The Morgan fingerprint density at radius 1 is 1.26 bits per heavy atom. The Kier molecular flexibility index (Phi) is 4.97. The molecule has 5 heteroatoms. The number of rotatable bonds is 5. The van der Waals surface area contributed by atoms with Crippen LogP contribution in [0, 0.1) is 11.3 Å². The molecule has 2 heterocycles. The molecule has 0 atom stereocenters. The van der Waals surface area contributed by atoms with Crippen LogP contribution in [0.5, 0.6) is 0 Å². The third-order valence-corrected chi connectivity index (χ3v) is 3.71. The lowest BCUT2D eigenvalue weighted by atomic mass is 10.3. The Labute approximate surface area is 115 Å². The van der Waals surface area contributed by atoms with Gasteiger partial charge in [0.15, 0.2) is 0 Å². The fraction of sp³-hybridized carbons (Fsp3) is 0.643. The second-order valence-electron chi connectivity index (χ2n) is 5.28. The Morgan fingerprint density at radius 2 is 2.00 bits per heavy atom. The predicted octanol–water partition coefficient (Wildman–Crippen LogP) is 0.234. The van der Waals surface area contributed by atoms with Crippen LogP contribution in [0.25, 0.3) is 0 Å². The van der Waals surface area contributed by atoms with E-state index in [-0.39, 0.29) is 0 Å². The summed E-state index contributed by atoms with van der Waals surface area (Å²) >= 11 is 0. The Balaban J connectivity index is 1.65. The number of piperazine rings is 1. The van der Waals surface area contributed by atoms with Crippen molar-refractivity contribution in [3.63, 3.8) is 0 Å². The summed E-state index contributed by atoms with van der Waals surface area (Å²) in [4.78, 5) is 4.87. The first-order chi connectivity index (χ1) is 9.19. The maximum absolute atomic E-state index is 8.89. The zero-order valence-electron chi connectivity index (χ0n) is 11.9. The SMILES string of the molecule is CN1CCN(CCNCc2cc(C#N)n(C)c2)CC1. The van der Waals surface area contributed by atoms with Crippen molar-refractivity contribution in [2.75, 3.05) is 46.3 Å². The number of nitrogens with one attached hydrogen (secondary N) is 1. The summed E-state index contributed by atoms with van der Waals surface area (Å²) in [6.45, 7) is 7.62. The third-order valence-electron chi connectivity index (χ3n) is 3.71. The fourth-order valence-electron chi connectivity index (χ4n) is 2.38. The van der Waals surface area contributed by atoms with E-state index < -0.39 is 0 Å². The highest BCUT2D eigenvalue weighted by molar-refractivity contribution is 5.28. The smallest absolute Gasteiger partial charge is 0.120 e. The summed E-state index contributed by atoms with van der Waals surface area (Å²) in [6, 6.07) is 4.13. The predicted molar refractivity (Wildman–Crippen MR) is 75.8 cm³/mol. The highest BCUT2D eigenvalue weighted by Gasteiger charge is 2.12. The van der Waals surface area contributed by atoms with E-state index >= 15 is 0 Å². The van der Waals surface area contributed by atoms with Crippen LogP contribution >= 0.6 is 0 Å². The summed E-state index contributed by atoms with van der Waals surface area (Å²) in [5, 5.41) is 12.3. The molecule has 1 saturated heterocycles. The number of hydrogen-bond donors (Lipinski definition) is 1. The van der Waals surface area contributed by atoms with Gasteiger partial charge in [-0.05, 0) is 18.7 Å². The van der Waals surface area contributed by atoms with E-state index in [0.29, 0.717) is 0 Å². The summed E-state index contributed by atoms with van der Waals surface area (Å²) in [5.41, 5.74) is 1.90. The second kappa shape index (κ2) is 6.71. The highest BCUT2D eigenvalue weighted by atomic mass is 15.2. The first-order valence-corrected chi connectivity index (χ1v) is 6.86. The van der Waals surface area contributed by atoms with Crippen LogP contribution in [0.15, 0.2) is 12.3 Å². The van der Waals surface area contributed by atoms with Gasteiger partial charge in [0, 0.05) is 59.1 Å². The Bertz CT molecular complexity index is 437. The van der Waals surface area contributed by atoms with Crippen molar-refractivity contribution in [3.05, 3.63) is 23.5 Å². The first-order valence-electron chi connectivity index (χ1n) is 6.86. The minimum absolute atomic E-state index is 0.718. The van der Waals surface area contributed by atoms with Crippen molar-refractivity contribution in [1.82, 2.24) is 19.7 Å². The first kappa shape index (κ1) is 14.1. The van der Waals surface area contributed by atoms with Crippen molar-refractivity contribution < 1.29 is 0 Å². The molecule has 1 aliphatic heterocycles. The average Bonchev–Trinajstić information content (AvgIpc) is 2.77. The molecule has 1 aliphatic rings. The number of likely N-dealkylation sites (N-methyl/N-ethyl adjacent to an activating group) is 1. The molecule has 5 nitrogen and oxygen atoms in total. The van der Waals surface area contributed by atoms with Crippen molar-refractivity contribution in [1.29, 1.82) is 5.26 Å². The Morgan fingerprint density at radius 3 is 2.63 bits per heavy atom. The molecule has 104 valence electrons. The van der Waals surface area contributed by atoms with E-state index in [1.165, 1.54) is 31.7 Å². The zero-order valence-corrected chi connectivity index (χ0v) is 11.9. The molecule has 0 aromatic carbocycles. The van der Waals surface area contributed by atoms with Gasteiger partial charge in [-0.2, -0.15) is 5.26 Å². The normalized spacial score (nSPS) is 17.5. The molecule has 1 aromatic heterocycles. The molecule has 1 fully saturated rings. The van der Waals surface area contributed by atoms with Crippen LogP contribution in [-0.4, -0.2) is 60.7 Å². The van der Waals surface area contributed by atoms with Gasteiger partial charge in [0.1, 0.15) is 11.8 Å². The largest absolute Gasteiger partial charge is 0.342 e. The van der Waals surface area contributed by atoms with E-state index in [2.05, 4.69) is 28.2 Å². The fourth-order valence-corrected chi connectivity index (χ4v) is 2.38. The molecular formula is C14H23N5. The molecule has 0 spiro atoms. The van der Waals surface area contributed by atoms with Crippen molar-refractivity contribution in [3.8, 4) is 6.07 Å². The van der Waals surface area contributed by atoms with Gasteiger partial charge in [-0.15, -0.1) is 0 Å². The third kappa shape index (κ3) is 4.06. The minimum Gasteiger partial charge on any atom is -0.342 e. The van der Waals surface area contributed by atoms with Crippen LogP contribution in [0.1, 0.15) is 11.3 Å². The second-order valence-corrected chi connectivity index (χ2v) is 5.28. The number of aromatic nitrogens is 1. The number of nitrogens with zero attached hydrogens (tertiary/aromatic N) is 4. The van der Waals surface area contributed by atoms with Gasteiger partial charge in [0.2, 0.25) is 0 Å². The molecular weight excluding hydrogens is 238 g/mol. The topological polar surface area (TPSA) is 47.2 Å². The van der Waals surface area contributed by atoms with E-state index in [1.54, 1.807) is 0 Å². The standard InChI is InChI=1S/C14H23N5/c1-17-5-7-19(8-6-17)4-3-16-11-13-9-14(10-15)18(2)12-13/h9,12,16H,3-8,11H2,1-2H3. The Hall–Kier alpha value is -1.35. The summed E-state index contributed by atoms with van der Waals surface area (Å²) < 4.78 is 1.87. The lowest BCUT2D eigenvalue weighted by Gasteiger charge is -2.32. The molecule has 0 unspecified atom stereocenters. The van der Waals surface area contributed by atoms with Gasteiger partial charge in [0.05, 0.1) is 0 Å². The van der Waals surface area contributed by atoms with Crippen molar-refractivity contribution in [2.24, 2.45) is 7.05 Å². The molecule has 0 aliphatic carbocycles. The maximum atomic E-state index is 8.89. The number of nitriles is 1. The van der Waals surface area contributed by atoms with Crippen LogP contribution in [0.4, 0.5) is 0 Å². The van der Waals surface area contributed by atoms with Crippen LogP contribution in [0.2, 0.25) is 0 Å². The quantitative estimate of drug-likeness (QED) is 0.771. The van der Waals surface area contributed by atoms with Crippen LogP contribution in [-0.2, 0) is 13.6 Å². The van der Waals surface area contributed by atoms with E-state index in [9.17, 15) is 0 Å². The molecule has 1 N–H and O–H groups in total. The summed E-state index contributed by atoms with van der Waals surface area (Å²) in [6.07, 6.45) is 2.02.